The number of methoxy groups -OCH3 is 1. The first-order chi connectivity index (χ1) is 20.8. The number of nitrogens with one attached hydrogen (secondary N) is 1. The van der Waals surface area contributed by atoms with Crippen LogP contribution in [0.15, 0.2) is 30.5 Å². The number of carbonyl (C=O) groups excluding carboxylic acids is 2. The Morgan fingerprint density at radius 2 is 1.80 bits per heavy atom. The first kappa shape index (κ1) is 31.0. The lowest BCUT2D eigenvalue weighted by Gasteiger charge is -2.45. The van der Waals surface area contributed by atoms with Crippen LogP contribution in [0.2, 0.25) is 0 Å². The lowest BCUT2D eigenvalue weighted by Crippen LogP contribution is -2.59. The van der Waals surface area contributed by atoms with Gasteiger partial charge in [-0.25, -0.2) is 14.8 Å². The van der Waals surface area contributed by atoms with E-state index in [4.69, 9.17) is 24.2 Å². The molecule has 0 unspecified atom stereocenters. The third-order valence-electron chi connectivity index (χ3n) is 7.67. The van der Waals surface area contributed by atoms with E-state index in [-0.39, 0.29) is 36.6 Å². The van der Waals surface area contributed by atoms with Crippen LogP contribution in [0.1, 0.15) is 50.7 Å². The third kappa shape index (κ3) is 5.99. The van der Waals surface area contributed by atoms with E-state index in [9.17, 15) is 9.59 Å². The van der Waals surface area contributed by atoms with Crippen molar-refractivity contribution in [2.75, 3.05) is 38.9 Å². The van der Waals surface area contributed by atoms with E-state index in [1.165, 1.54) is 0 Å². The Hall–Kier alpha value is -4.45. The predicted molar refractivity (Wildman–Crippen MR) is 169 cm³/mol. The fourth-order valence-corrected chi connectivity index (χ4v) is 5.84. The number of hydrogen-bond donors (Lipinski definition) is 1. The van der Waals surface area contributed by atoms with Crippen molar-refractivity contribution in [2.45, 2.75) is 59.2 Å². The molecule has 0 saturated carbocycles. The van der Waals surface area contributed by atoms with Gasteiger partial charge in [-0.2, -0.15) is 5.10 Å². The standard InChI is InChI=1S/C32H41N7O5/c1-18-14-38(15-19(2)39(18)31(41)44-32(4,5)6)22-10-11-25-23(13-22)27(30(40)33-7)35-29(34-25)24-12-21-16-37(8)36-26(21)20(3)28(24)43-17-42-9/h10-13,16,18-19H,14-15,17H2,1-9H3,(H,33,40)/t18-,19-/m0/s1. The largest absolute Gasteiger partial charge is 0.466 e. The van der Waals surface area contributed by atoms with Crippen LogP contribution in [0.4, 0.5) is 10.5 Å². The Balaban J connectivity index is 1.56. The number of nitrogens with zero attached hydrogens (tertiary/aromatic N) is 6. The van der Waals surface area contributed by atoms with Crippen molar-refractivity contribution in [1.82, 2.24) is 30.0 Å². The SMILES string of the molecule is CNC(=O)c1nc(-c2cc3cn(C)nc3c(C)c2OCOC)nc2ccc(N3C[C@H](C)N(C(=O)OC(C)(C)C)[C@@H](C)C3)cc12. The van der Waals surface area contributed by atoms with Gasteiger partial charge in [0.05, 0.1) is 28.7 Å². The second-order valence-corrected chi connectivity index (χ2v) is 12.3. The van der Waals surface area contributed by atoms with Crippen molar-refractivity contribution in [2.24, 2.45) is 7.05 Å². The molecule has 2 aromatic heterocycles. The van der Waals surface area contributed by atoms with Gasteiger partial charge in [0.15, 0.2) is 12.6 Å². The Morgan fingerprint density at radius 3 is 2.43 bits per heavy atom. The lowest BCUT2D eigenvalue weighted by molar-refractivity contribution is 0.00564. The van der Waals surface area contributed by atoms with E-state index < -0.39 is 5.60 Å². The van der Waals surface area contributed by atoms with Gasteiger partial charge in [-0.1, -0.05) is 0 Å². The molecule has 0 spiro atoms. The number of fused-ring (bicyclic) bond motifs is 2. The van der Waals surface area contributed by atoms with E-state index in [0.717, 1.165) is 22.2 Å². The number of hydrogen-bond acceptors (Lipinski definition) is 9. The van der Waals surface area contributed by atoms with Crippen LogP contribution in [-0.2, 0) is 16.5 Å². The minimum atomic E-state index is -0.569. The molecule has 0 radical (unpaired) electrons. The van der Waals surface area contributed by atoms with Crippen molar-refractivity contribution in [1.29, 1.82) is 0 Å². The zero-order valence-corrected chi connectivity index (χ0v) is 26.9. The zero-order valence-electron chi connectivity index (χ0n) is 26.9. The Labute approximate surface area is 257 Å². The monoisotopic (exact) mass is 603 g/mol. The van der Waals surface area contributed by atoms with Gasteiger partial charge < -0.3 is 24.4 Å². The molecule has 44 heavy (non-hydrogen) atoms. The summed E-state index contributed by atoms with van der Waals surface area (Å²) in [5.74, 6) is 0.575. The maximum Gasteiger partial charge on any atom is 0.410 e. The van der Waals surface area contributed by atoms with E-state index in [0.29, 0.717) is 41.1 Å². The van der Waals surface area contributed by atoms with Gasteiger partial charge in [-0.3, -0.25) is 14.4 Å². The summed E-state index contributed by atoms with van der Waals surface area (Å²) >= 11 is 0. The van der Waals surface area contributed by atoms with Gasteiger partial charge >= 0.3 is 6.09 Å². The average Bonchev–Trinajstić information content (AvgIpc) is 3.34. The van der Waals surface area contributed by atoms with Crippen LogP contribution in [0.5, 0.6) is 5.75 Å². The molecule has 12 nitrogen and oxygen atoms in total. The molecule has 0 aliphatic carbocycles. The molecule has 5 rings (SSSR count). The van der Waals surface area contributed by atoms with E-state index in [1.807, 2.05) is 79.1 Å². The normalized spacial score (nSPS) is 17.3. The second kappa shape index (κ2) is 11.9. The molecule has 0 bridgehead atoms. The Kier molecular flexibility index (Phi) is 8.39. The van der Waals surface area contributed by atoms with Gasteiger partial charge in [0.25, 0.3) is 5.91 Å². The van der Waals surface area contributed by atoms with Gasteiger partial charge in [0.1, 0.15) is 17.0 Å². The summed E-state index contributed by atoms with van der Waals surface area (Å²) in [4.78, 5) is 39.9. The number of rotatable bonds is 6. The predicted octanol–water partition coefficient (Wildman–Crippen LogP) is 4.67. The van der Waals surface area contributed by atoms with Crippen molar-refractivity contribution in [3.05, 3.63) is 41.7 Å². The van der Waals surface area contributed by atoms with Crippen LogP contribution < -0.4 is 15.0 Å². The summed E-state index contributed by atoms with van der Waals surface area (Å²) in [6.07, 6.45) is 1.61. The van der Waals surface area contributed by atoms with Crippen LogP contribution in [-0.4, -0.2) is 88.4 Å². The molecule has 2 amide bonds. The number of carbonyl (C=O) groups is 2. The smallest absolute Gasteiger partial charge is 0.410 e. The molecule has 4 aromatic rings. The topological polar surface area (TPSA) is 124 Å². The highest BCUT2D eigenvalue weighted by atomic mass is 16.7. The maximum absolute atomic E-state index is 13.2. The summed E-state index contributed by atoms with van der Waals surface area (Å²) in [5, 5.41) is 8.83. The van der Waals surface area contributed by atoms with Crippen LogP contribution in [0, 0.1) is 6.92 Å². The van der Waals surface area contributed by atoms with E-state index in [2.05, 4.69) is 15.3 Å². The van der Waals surface area contributed by atoms with E-state index in [1.54, 1.807) is 23.7 Å². The minimum Gasteiger partial charge on any atom is -0.466 e. The molecular weight excluding hydrogens is 562 g/mol. The van der Waals surface area contributed by atoms with Crippen LogP contribution >= 0.6 is 0 Å². The number of aryl methyl sites for hydroxylation is 2. The number of aromatic nitrogens is 4. The number of piperazine rings is 1. The molecule has 2 aromatic carbocycles. The summed E-state index contributed by atoms with van der Waals surface area (Å²) < 4.78 is 18.6. The van der Waals surface area contributed by atoms with Gasteiger partial charge in [-0.15, -0.1) is 0 Å². The fourth-order valence-electron chi connectivity index (χ4n) is 5.84. The fraction of sp³-hybridized carbons (Fsp3) is 0.469. The minimum absolute atomic E-state index is 0.0312. The first-order valence-corrected chi connectivity index (χ1v) is 14.7. The molecule has 1 saturated heterocycles. The molecule has 1 aliphatic heterocycles. The van der Waals surface area contributed by atoms with Crippen LogP contribution in [0.3, 0.4) is 0 Å². The molecule has 1 aliphatic rings. The summed E-state index contributed by atoms with van der Waals surface area (Å²) in [6.45, 7) is 12.8. The number of anilines is 1. The van der Waals surface area contributed by atoms with Crippen molar-refractivity contribution in [3.8, 4) is 17.1 Å². The van der Waals surface area contributed by atoms with Crippen molar-refractivity contribution >= 4 is 39.5 Å². The van der Waals surface area contributed by atoms with Gasteiger partial charge in [0.2, 0.25) is 0 Å². The average molecular weight is 604 g/mol. The molecule has 234 valence electrons. The highest BCUT2D eigenvalue weighted by Crippen LogP contribution is 2.38. The van der Waals surface area contributed by atoms with Crippen LogP contribution in [0.25, 0.3) is 33.2 Å². The summed E-state index contributed by atoms with van der Waals surface area (Å²) in [6, 6.07) is 7.60. The Morgan fingerprint density at radius 1 is 1.09 bits per heavy atom. The number of ether oxygens (including phenoxy) is 3. The number of amides is 2. The van der Waals surface area contributed by atoms with Gasteiger partial charge in [-0.05, 0) is 65.8 Å². The quantitative estimate of drug-likeness (QED) is 0.313. The summed E-state index contributed by atoms with van der Waals surface area (Å²) in [5.41, 5.74) is 3.48. The lowest BCUT2D eigenvalue weighted by atomic mass is 10.0. The number of benzene rings is 2. The first-order valence-electron chi connectivity index (χ1n) is 14.7. The molecular formula is C32H41N7O5. The van der Waals surface area contributed by atoms with Gasteiger partial charge in [0, 0.05) is 62.5 Å². The van der Waals surface area contributed by atoms with Crippen molar-refractivity contribution < 1.29 is 23.8 Å². The zero-order chi connectivity index (χ0) is 31.9. The molecule has 3 heterocycles. The highest BCUT2D eigenvalue weighted by Gasteiger charge is 2.36. The Bertz CT molecular complexity index is 1720. The summed E-state index contributed by atoms with van der Waals surface area (Å²) in [7, 11) is 5.00. The molecule has 1 fully saturated rings. The molecule has 1 N–H and O–H groups in total. The second-order valence-electron chi connectivity index (χ2n) is 12.3. The maximum atomic E-state index is 13.2. The van der Waals surface area contributed by atoms with E-state index >= 15 is 0 Å². The molecule has 12 heteroatoms. The third-order valence-corrected chi connectivity index (χ3v) is 7.67. The van der Waals surface area contributed by atoms with Crippen molar-refractivity contribution in [3.63, 3.8) is 0 Å². The molecule has 2 atom stereocenters. The highest BCUT2D eigenvalue weighted by molar-refractivity contribution is 6.06.